The monoisotopic (exact) mass is 523 g/mol. The average Bonchev–Trinajstić information content (AvgIpc) is 2.79. The molecule has 0 saturated heterocycles. The van der Waals surface area contributed by atoms with Crippen molar-refractivity contribution in [2.24, 2.45) is 0 Å². The molecule has 3 N–H and O–H groups in total. The molecule has 1 aromatic heterocycles. The number of alkyl halides is 3. The lowest BCUT2D eigenvalue weighted by Crippen LogP contribution is -2.29. The molecule has 0 unspecified atom stereocenters. The van der Waals surface area contributed by atoms with Crippen molar-refractivity contribution in [1.82, 2.24) is 9.97 Å². The molecule has 8 nitrogen and oxygen atoms in total. The van der Waals surface area contributed by atoms with Crippen LogP contribution in [0.15, 0.2) is 63.0 Å². The fourth-order valence-electron chi connectivity index (χ4n) is 3.68. The van der Waals surface area contributed by atoms with Crippen LogP contribution < -0.4 is 20.6 Å². The van der Waals surface area contributed by atoms with Gasteiger partial charge in [0.25, 0.3) is 10.0 Å². The third-order valence-electron chi connectivity index (χ3n) is 5.35. The third-order valence-corrected chi connectivity index (χ3v) is 6.87. The summed E-state index contributed by atoms with van der Waals surface area (Å²) in [5.74, 6) is -1.01. The molecule has 188 valence electrons. The van der Waals surface area contributed by atoms with Gasteiger partial charge in [0.15, 0.2) is 11.6 Å². The molecule has 0 aliphatic carbocycles. The highest BCUT2D eigenvalue weighted by Gasteiger charge is 2.34. The Hall–Kier alpha value is -4.13. The minimum atomic E-state index is -4.89. The first kappa shape index (κ1) is 25.0. The van der Waals surface area contributed by atoms with Crippen LogP contribution in [0.3, 0.4) is 0 Å². The zero-order chi connectivity index (χ0) is 26.4. The number of ether oxygens (including phenoxy) is 1. The summed E-state index contributed by atoms with van der Waals surface area (Å²) in [6.45, 7) is 1.42. The molecule has 0 bridgehead atoms. The third kappa shape index (κ3) is 4.69. The second-order valence-corrected chi connectivity index (χ2v) is 9.44. The highest BCUT2D eigenvalue weighted by Crippen LogP contribution is 2.40. The van der Waals surface area contributed by atoms with Crippen molar-refractivity contribution in [2.45, 2.75) is 18.0 Å². The van der Waals surface area contributed by atoms with Gasteiger partial charge in [0.2, 0.25) is 0 Å². The molecule has 4 aromatic rings. The number of anilines is 1. The van der Waals surface area contributed by atoms with Gasteiger partial charge in [-0.15, -0.1) is 0 Å². The highest BCUT2D eigenvalue weighted by molar-refractivity contribution is 7.92. The molecule has 4 rings (SSSR count). The number of benzene rings is 3. The van der Waals surface area contributed by atoms with E-state index in [4.69, 9.17) is 4.74 Å². The van der Waals surface area contributed by atoms with Gasteiger partial charge in [-0.1, -0.05) is 12.1 Å². The van der Waals surface area contributed by atoms with Gasteiger partial charge in [-0.25, -0.2) is 12.8 Å². The summed E-state index contributed by atoms with van der Waals surface area (Å²) in [7, 11) is -3.21. The molecule has 0 radical (unpaired) electrons. The Bertz CT molecular complexity index is 1730. The maximum absolute atomic E-state index is 14.1. The zero-order valence-corrected chi connectivity index (χ0v) is 19.4. The molecule has 0 amide bonds. The SMILES string of the molecule is COc1ccc(-c2ccc(NS(=O)(=O)c3cc4[nH]c(=O)c(=O)[nH]c4cc3C)cc2C(F)(F)F)cc1F. The number of rotatable bonds is 5. The first-order valence-corrected chi connectivity index (χ1v) is 11.6. The molecule has 0 fully saturated rings. The number of aromatic nitrogens is 2. The zero-order valence-electron chi connectivity index (χ0n) is 18.6. The standard InChI is InChI=1S/C23H17F4N3O5S/c1-11-7-17-18(29-22(32)21(31)28-17)10-20(11)36(33,34)30-13-4-5-14(15(9-13)23(25,26)27)12-3-6-19(35-2)16(24)8-12/h3-10,30H,1-2H3,(H,28,31)(H,29,32). The van der Waals surface area contributed by atoms with E-state index in [0.717, 1.165) is 24.3 Å². The van der Waals surface area contributed by atoms with Gasteiger partial charge in [-0.2, -0.15) is 13.2 Å². The lowest BCUT2D eigenvalue weighted by molar-refractivity contribution is -0.137. The topological polar surface area (TPSA) is 121 Å². The van der Waals surface area contributed by atoms with Crippen molar-refractivity contribution in [3.05, 3.63) is 86.2 Å². The smallest absolute Gasteiger partial charge is 0.417 e. The number of hydrogen-bond acceptors (Lipinski definition) is 5. The molecule has 0 spiro atoms. The molecule has 13 heteroatoms. The van der Waals surface area contributed by atoms with Crippen molar-refractivity contribution in [1.29, 1.82) is 0 Å². The molecule has 0 atom stereocenters. The number of hydrogen-bond donors (Lipinski definition) is 3. The predicted octanol–water partition coefficient (Wildman–Crippen LogP) is 4.16. The van der Waals surface area contributed by atoms with Crippen molar-refractivity contribution < 1.29 is 30.7 Å². The molecule has 1 heterocycles. The average molecular weight is 523 g/mol. The number of aryl methyl sites for hydroxylation is 1. The molecular weight excluding hydrogens is 506 g/mol. The lowest BCUT2D eigenvalue weighted by Gasteiger charge is -2.17. The second kappa shape index (κ2) is 8.82. The summed E-state index contributed by atoms with van der Waals surface area (Å²) in [6.07, 6.45) is -4.89. The van der Waals surface area contributed by atoms with E-state index in [1.807, 2.05) is 0 Å². The number of sulfonamides is 1. The van der Waals surface area contributed by atoms with Crippen molar-refractivity contribution >= 4 is 26.7 Å². The Balaban J connectivity index is 1.78. The van der Waals surface area contributed by atoms with Crippen LogP contribution in [0, 0.1) is 12.7 Å². The molecular formula is C23H17F4N3O5S. The van der Waals surface area contributed by atoms with Crippen molar-refractivity contribution in [3.63, 3.8) is 0 Å². The lowest BCUT2D eigenvalue weighted by atomic mass is 9.98. The summed E-state index contributed by atoms with van der Waals surface area (Å²) in [4.78, 5) is 27.4. The predicted molar refractivity (Wildman–Crippen MR) is 124 cm³/mol. The van der Waals surface area contributed by atoms with Crippen molar-refractivity contribution in [2.75, 3.05) is 11.8 Å². The summed E-state index contributed by atoms with van der Waals surface area (Å²) in [5, 5.41) is 0. The van der Waals surface area contributed by atoms with E-state index in [0.29, 0.717) is 6.07 Å². The van der Waals surface area contributed by atoms with Crippen LogP contribution in [0.2, 0.25) is 0 Å². The second-order valence-electron chi connectivity index (χ2n) is 7.78. The maximum atomic E-state index is 14.1. The summed E-state index contributed by atoms with van der Waals surface area (Å²) < 4.78 is 88.7. The van der Waals surface area contributed by atoms with E-state index in [1.54, 1.807) is 0 Å². The first-order chi connectivity index (χ1) is 16.8. The molecule has 0 aliphatic rings. The van der Waals surface area contributed by atoms with Crippen LogP contribution >= 0.6 is 0 Å². The Morgan fingerprint density at radius 1 is 0.917 bits per heavy atom. The van der Waals surface area contributed by atoms with Crippen LogP contribution in [0.1, 0.15) is 11.1 Å². The van der Waals surface area contributed by atoms with Gasteiger partial charge in [-0.3, -0.25) is 14.3 Å². The van der Waals surface area contributed by atoms with Gasteiger partial charge in [0.05, 0.1) is 28.6 Å². The van der Waals surface area contributed by atoms with Gasteiger partial charge in [-0.05, 0) is 60.0 Å². The quantitative estimate of drug-likeness (QED) is 0.268. The van der Waals surface area contributed by atoms with E-state index in [9.17, 15) is 35.6 Å². The Morgan fingerprint density at radius 3 is 2.14 bits per heavy atom. The minimum absolute atomic E-state index is 0.0124. The van der Waals surface area contributed by atoms with Crippen LogP contribution in [0.25, 0.3) is 22.2 Å². The fourth-order valence-corrected chi connectivity index (χ4v) is 4.98. The van der Waals surface area contributed by atoms with E-state index in [1.165, 1.54) is 32.2 Å². The first-order valence-electron chi connectivity index (χ1n) is 10.1. The van der Waals surface area contributed by atoms with Crippen LogP contribution in [-0.2, 0) is 16.2 Å². The summed E-state index contributed by atoms with van der Waals surface area (Å²) in [6, 6.07) is 8.45. The molecule has 36 heavy (non-hydrogen) atoms. The number of H-pyrrole nitrogens is 2. The van der Waals surface area contributed by atoms with E-state index in [2.05, 4.69) is 14.7 Å². The van der Waals surface area contributed by atoms with E-state index in [-0.39, 0.29) is 38.4 Å². The van der Waals surface area contributed by atoms with Crippen molar-refractivity contribution in [3.8, 4) is 16.9 Å². The number of methoxy groups -OCH3 is 1. The normalized spacial score (nSPS) is 12.1. The maximum Gasteiger partial charge on any atom is 0.417 e. The van der Waals surface area contributed by atoms with Crippen LogP contribution in [0.5, 0.6) is 5.75 Å². The highest BCUT2D eigenvalue weighted by atomic mass is 32.2. The van der Waals surface area contributed by atoms with Crippen LogP contribution in [-0.4, -0.2) is 25.5 Å². The molecule has 3 aromatic carbocycles. The van der Waals surface area contributed by atoms with Gasteiger partial charge in [0.1, 0.15) is 0 Å². The Kier molecular flexibility index (Phi) is 6.12. The molecule has 0 saturated carbocycles. The van der Waals surface area contributed by atoms with Gasteiger partial charge in [0, 0.05) is 5.69 Å². The van der Waals surface area contributed by atoms with Gasteiger partial charge >= 0.3 is 17.3 Å². The summed E-state index contributed by atoms with van der Waals surface area (Å²) >= 11 is 0. The van der Waals surface area contributed by atoms with E-state index < -0.39 is 44.4 Å². The number of aromatic amines is 2. The largest absolute Gasteiger partial charge is 0.494 e. The number of halogens is 4. The number of nitrogens with one attached hydrogen (secondary N) is 3. The van der Waals surface area contributed by atoms with E-state index >= 15 is 0 Å². The van der Waals surface area contributed by atoms with Gasteiger partial charge < -0.3 is 14.7 Å². The fraction of sp³-hybridized carbons (Fsp3) is 0.130. The Labute approximate surface area is 200 Å². The number of fused-ring (bicyclic) bond motifs is 1. The van der Waals surface area contributed by atoms with Crippen LogP contribution in [0.4, 0.5) is 23.2 Å². The Morgan fingerprint density at radius 2 is 1.56 bits per heavy atom. The summed E-state index contributed by atoms with van der Waals surface area (Å²) in [5.41, 5.74) is -3.60. The minimum Gasteiger partial charge on any atom is -0.494 e. The molecule has 0 aliphatic heterocycles.